The second-order valence-corrected chi connectivity index (χ2v) is 2.71. The molecule has 0 saturated heterocycles. The van der Waals surface area contributed by atoms with E-state index in [-0.39, 0.29) is 6.04 Å². The van der Waals surface area contributed by atoms with Gasteiger partial charge in [-0.3, -0.25) is 0 Å². The molecule has 68 valence electrons. The van der Waals surface area contributed by atoms with Crippen molar-refractivity contribution in [1.82, 2.24) is 15.3 Å². The van der Waals surface area contributed by atoms with E-state index in [1.165, 1.54) is 0 Å². The minimum absolute atomic E-state index is 0.00463. The van der Waals surface area contributed by atoms with Gasteiger partial charge >= 0.3 is 0 Å². The Morgan fingerprint density at radius 2 is 2.54 bits per heavy atom. The lowest BCUT2D eigenvalue weighted by Crippen LogP contribution is -2.18. The Hall–Kier alpha value is -1.55. The molecule has 4 heteroatoms. The molecule has 0 amide bonds. The van der Waals surface area contributed by atoms with E-state index in [0.717, 1.165) is 11.6 Å². The van der Waals surface area contributed by atoms with Gasteiger partial charge in [-0.1, -0.05) is 0 Å². The maximum atomic E-state index is 5.29. The minimum atomic E-state index is 0.00463. The highest BCUT2D eigenvalue weighted by Crippen LogP contribution is 2.17. The Kier molecular flexibility index (Phi) is 2.14. The molecule has 0 spiro atoms. The second-order valence-electron chi connectivity index (χ2n) is 2.71. The first-order valence-corrected chi connectivity index (χ1v) is 4.12. The number of hydrogen-bond donors (Lipinski definition) is 2. The SMILES string of the molecule is CNC(c1ncc[nH]1)c1ccco1. The first kappa shape index (κ1) is 8.07. The van der Waals surface area contributed by atoms with Gasteiger partial charge < -0.3 is 14.7 Å². The van der Waals surface area contributed by atoms with Gasteiger partial charge in [0.15, 0.2) is 0 Å². The van der Waals surface area contributed by atoms with E-state index in [1.807, 2.05) is 19.2 Å². The van der Waals surface area contributed by atoms with Gasteiger partial charge in [-0.25, -0.2) is 4.98 Å². The molecule has 4 nitrogen and oxygen atoms in total. The highest BCUT2D eigenvalue weighted by atomic mass is 16.3. The van der Waals surface area contributed by atoms with Crippen LogP contribution in [-0.4, -0.2) is 17.0 Å². The highest BCUT2D eigenvalue weighted by molar-refractivity contribution is 5.14. The predicted octanol–water partition coefficient (Wildman–Crippen LogP) is 1.31. The standard InChI is InChI=1S/C9H11N3O/c1-10-8(7-3-2-6-13-7)9-11-4-5-12-9/h2-6,8,10H,1H3,(H,11,12). The van der Waals surface area contributed by atoms with Crippen LogP contribution in [0.25, 0.3) is 0 Å². The summed E-state index contributed by atoms with van der Waals surface area (Å²) in [5, 5.41) is 3.12. The van der Waals surface area contributed by atoms with Crippen LogP contribution in [0, 0.1) is 0 Å². The molecule has 2 rings (SSSR count). The quantitative estimate of drug-likeness (QED) is 0.743. The van der Waals surface area contributed by atoms with Crippen LogP contribution in [-0.2, 0) is 0 Å². The predicted molar refractivity (Wildman–Crippen MR) is 48.2 cm³/mol. The van der Waals surface area contributed by atoms with Crippen molar-refractivity contribution in [2.45, 2.75) is 6.04 Å². The van der Waals surface area contributed by atoms with Gasteiger partial charge in [0.05, 0.1) is 6.26 Å². The fourth-order valence-electron chi connectivity index (χ4n) is 1.30. The molecule has 0 aromatic carbocycles. The summed E-state index contributed by atoms with van der Waals surface area (Å²) in [5.74, 6) is 1.72. The Bertz CT molecular complexity index is 305. The number of hydrogen-bond acceptors (Lipinski definition) is 3. The van der Waals surface area contributed by atoms with Gasteiger partial charge in [-0.15, -0.1) is 0 Å². The normalized spacial score (nSPS) is 13.0. The van der Waals surface area contributed by atoms with E-state index in [4.69, 9.17) is 4.42 Å². The van der Waals surface area contributed by atoms with Crippen LogP contribution < -0.4 is 5.32 Å². The van der Waals surface area contributed by atoms with Gasteiger partial charge in [0.2, 0.25) is 0 Å². The molecule has 1 atom stereocenters. The Balaban J connectivity index is 2.29. The summed E-state index contributed by atoms with van der Waals surface area (Å²) in [5.41, 5.74) is 0. The molecule has 2 aromatic rings. The molecule has 2 N–H and O–H groups in total. The van der Waals surface area contributed by atoms with Gasteiger partial charge in [-0.05, 0) is 19.2 Å². The maximum absolute atomic E-state index is 5.29. The van der Waals surface area contributed by atoms with Crippen LogP contribution in [0.5, 0.6) is 0 Å². The largest absolute Gasteiger partial charge is 0.467 e. The molecular formula is C9H11N3O. The van der Waals surface area contributed by atoms with Crippen LogP contribution in [0.1, 0.15) is 17.6 Å². The van der Waals surface area contributed by atoms with Crippen molar-refractivity contribution >= 4 is 0 Å². The molecule has 0 aliphatic heterocycles. The molecular weight excluding hydrogens is 166 g/mol. The lowest BCUT2D eigenvalue weighted by molar-refractivity contribution is 0.455. The van der Waals surface area contributed by atoms with Crippen LogP contribution in [0.4, 0.5) is 0 Å². The minimum Gasteiger partial charge on any atom is -0.467 e. The number of aromatic nitrogens is 2. The van der Waals surface area contributed by atoms with Gasteiger partial charge in [0.1, 0.15) is 17.6 Å². The average molecular weight is 177 g/mol. The maximum Gasteiger partial charge on any atom is 0.131 e. The van der Waals surface area contributed by atoms with Crippen molar-refractivity contribution < 1.29 is 4.42 Å². The Morgan fingerprint density at radius 3 is 3.08 bits per heavy atom. The van der Waals surface area contributed by atoms with Gasteiger partial charge in [0, 0.05) is 12.4 Å². The summed E-state index contributed by atoms with van der Waals surface area (Å²) in [6.07, 6.45) is 5.17. The van der Waals surface area contributed by atoms with Crippen molar-refractivity contribution in [2.75, 3.05) is 7.05 Å². The average Bonchev–Trinajstić information content (AvgIpc) is 2.76. The van der Waals surface area contributed by atoms with Crippen LogP contribution >= 0.6 is 0 Å². The third kappa shape index (κ3) is 1.48. The van der Waals surface area contributed by atoms with E-state index in [2.05, 4.69) is 15.3 Å². The smallest absolute Gasteiger partial charge is 0.131 e. The zero-order valence-corrected chi connectivity index (χ0v) is 7.32. The monoisotopic (exact) mass is 177 g/mol. The summed E-state index contributed by atoms with van der Waals surface area (Å²) in [4.78, 5) is 7.21. The number of rotatable bonds is 3. The number of nitrogens with one attached hydrogen (secondary N) is 2. The van der Waals surface area contributed by atoms with Crippen LogP contribution in [0.3, 0.4) is 0 Å². The summed E-state index contributed by atoms with van der Waals surface area (Å²) >= 11 is 0. The number of H-pyrrole nitrogens is 1. The summed E-state index contributed by atoms with van der Waals surface area (Å²) in [6.45, 7) is 0. The number of aromatic amines is 1. The molecule has 0 bridgehead atoms. The first-order chi connectivity index (χ1) is 6.42. The third-order valence-electron chi connectivity index (χ3n) is 1.91. The highest BCUT2D eigenvalue weighted by Gasteiger charge is 2.15. The van der Waals surface area contributed by atoms with E-state index < -0.39 is 0 Å². The number of furan rings is 1. The second kappa shape index (κ2) is 3.45. The number of nitrogens with zero attached hydrogens (tertiary/aromatic N) is 1. The topological polar surface area (TPSA) is 53.9 Å². The summed E-state index contributed by atoms with van der Waals surface area (Å²) in [7, 11) is 1.87. The van der Waals surface area contributed by atoms with E-state index in [9.17, 15) is 0 Å². The molecule has 1 unspecified atom stereocenters. The van der Waals surface area contributed by atoms with Gasteiger partial charge in [0.25, 0.3) is 0 Å². The molecule has 2 heterocycles. The third-order valence-corrected chi connectivity index (χ3v) is 1.91. The Morgan fingerprint density at radius 1 is 1.62 bits per heavy atom. The lowest BCUT2D eigenvalue weighted by Gasteiger charge is -2.09. The fourth-order valence-corrected chi connectivity index (χ4v) is 1.30. The number of imidazole rings is 1. The molecule has 0 aliphatic carbocycles. The lowest BCUT2D eigenvalue weighted by atomic mass is 10.2. The van der Waals surface area contributed by atoms with E-state index in [1.54, 1.807) is 18.7 Å². The molecule has 0 fully saturated rings. The Labute approximate surface area is 76.0 Å². The summed E-state index contributed by atoms with van der Waals surface area (Å²) in [6, 6.07) is 3.79. The van der Waals surface area contributed by atoms with Crippen molar-refractivity contribution in [1.29, 1.82) is 0 Å². The van der Waals surface area contributed by atoms with Crippen molar-refractivity contribution in [2.24, 2.45) is 0 Å². The van der Waals surface area contributed by atoms with Crippen molar-refractivity contribution in [3.05, 3.63) is 42.4 Å². The van der Waals surface area contributed by atoms with Crippen molar-refractivity contribution in [3.63, 3.8) is 0 Å². The molecule has 0 radical (unpaired) electrons. The van der Waals surface area contributed by atoms with Gasteiger partial charge in [-0.2, -0.15) is 0 Å². The zero-order chi connectivity index (χ0) is 9.10. The van der Waals surface area contributed by atoms with E-state index >= 15 is 0 Å². The fraction of sp³-hybridized carbons (Fsp3) is 0.222. The summed E-state index contributed by atoms with van der Waals surface area (Å²) < 4.78 is 5.29. The molecule has 0 saturated carbocycles. The molecule has 13 heavy (non-hydrogen) atoms. The first-order valence-electron chi connectivity index (χ1n) is 4.12. The van der Waals surface area contributed by atoms with Crippen LogP contribution in [0.15, 0.2) is 35.2 Å². The van der Waals surface area contributed by atoms with Crippen molar-refractivity contribution in [3.8, 4) is 0 Å². The molecule has 2 aromatic heterocycles. The zero-order valence-electron chi connectivity index (χ0n) is 7.32. The van der Waals surface area contributed by atoms with E-state index in [0.29, 0.717) is 0 Å². The molecule has 0 aliphatic rings. The van der Waals surface area contributed by atoms with Crippen LogP contribution in [0.2, 0.25) is 0 Å².